The summed E-state index contributed by atoms with van der Waals surface area (Å²) in [6, 6.07) is -4.37. The van der Waals surface area contributed by atoms with E-state index in [1.54, 1.807) is 13.8 Å². The van der Waals surface area contributed by atoms with E-state index in [1.165, 1.54) is 18.7 Å². The zero-order valence-corrected chi connectivity index (χ0v) is 18.8. The van der Waals surface area contributed by atoms with Crippen LogP contribution < -0.4 is 21.7 Å². The highest BCUT2D eigenvalue weighted by Gasteiger charge is 2.33. The fraction of sp³-hybridized carbons (Fsp3) is 0.765. The van der Waals surface area contributed by atoms with E-state index >= 15 is 0 Å². The largest absolute Gasteiger partial charge is 0.480 e. The Balaban J connectivity index is 5.32. The van der Waals surface area contributed by atoms with Crippen molar-refractivity contribution in [3.05, 3.63) is 0 Å². The maximum absolute atomic E-state index is 12.7. The molecule has 29 heavy (non-hydrogen) atoms. The minimum atomic E-state index is -1.51. The molecule has 0 rings (SSSR count). The van der Waals surface area contributed by atoms with Crippen LogP contribution in [0.25, 0.3) is 0 Å². The van der Waals surface area contributed by atoms with Crippen LogP contribution in [0.3, 0.4) is 0 Å². The number of thiol groups is 1. The van der Waals surface area contributed by atoms with Crippen molar-refractivity contribution in [3.8, 4) is 0 Å². The molecule has 3 amide bonds. The van der Waals surface area contributed by atoms with Gasteiger partial charge in [-0.15, -0.1) is 0 Å². The van der Waals surface area contributed by atoms with E-state index in [4.69, 9.17) is 10.8 Å². The summed E-state index contributed by atoms with van der Waals surface area (Å²) >= 11 is 5.45. The Kier molecular flexibility index (Phi) is 13.0. The van der Waals surface area contributed by atoms with Crippen molar-refractivity contribution >= 4 is 48.1 Å². The van der Waals surface area contributed by atoms with Crippen molar-refractivity contribution in [3.63, 3.8) is 0 Å². The van der Waals surface area contributed by atoms with Crippen molar-refractivity contribution in [1.82, 2.24) is 16.0 Å². The van der Waals surface area contributed by atoms with Gasteiger partial charge in [-0.2, -0.15) is 24.4 Å². The number of nitrogens with two attached hydrogens (primary N) is 1. The average Bonchev–Trinajstić information content (AvgIpc) is 2.65. The van der Waals surface area contributed by atoms with E-state index in [1.807, 2.05) is 6.26 Å². The third-order valence-corrected chi connectivity index (χ3v) is 5.11. The topological polar surface area (TPSA) is 171 Å². The maximum Gasteiger partial charge on any atom is 0.328 e. The summed E-state index contributed by atoms with van der Waals surface area (Å²) in [5.41, 5.74) is 5.63. The molecular formula is C17H32N4O6S2. The van der Waals surface area contributed by atoms with Gasteiger partial charge in [0.1, 0.15) is 12.1 Å². The van der Waals surface area contributed by atoms with Crippen LogP contribution in [0.4, 0.5) is 0 Å². The second-order valence-corrected chi connectivity index (χ2v) is 8.28. The smallest absolute Gasteiger partial charge is 0.328 e. The van der Waals surface area contributed by atoms with Gasteiger partial charge in [-0.05, 0) is 31.3 Å². The van der Waals surface area contributed by atoms with Crippen LogP contribution in [-0.2, 0) is 19.2 Å². The predicted octanol–water partition coefficient (Wildman–Crippen LogP) is -1.43. The second kappa shape index (κ2) is 13.7. The number of hydrogen-bond acceptors (Lipinski definition) is 8. The minimum Gasteiger partial charge on any atom is -0.480 e. The fourth-order valence-corrected chi connectivity index (χ4v) is 2.92. The zero-order valence-electron chi connectivity index (χ0n) is 17.0. The van der Waals surface area contributed by atoms with Crippen molar-refractivity contribution in [1.29, 1.82) is 0 Å². The van der Waals surface area contributed by atoms with Gasteiger partial charge in [-0.1, -0.05) is 13.8 Å². The number of aliphatic carboxylic acids is 1. The lowest BCUT2D eigenvalue weighted by molar-refractivity contribution is -0.145. The van der Waals surface area contributed by atoms with Crippen molar-refractivity contribution in [2.75, 3.05) is 17.8 Å². The van der Waals surface area contributed by atoms with E-state index in [-0.39, 0.29) is 11.7 Å². The Hall–Kier alpha value is -1.50. The SMILES string of the molecule is CSCCC(NC(=O)C(N)CS)C(=O)NC(C(=O)NC(C(=O)O)C(C)O)C(C)C. The summed E-state index contributed by atoms with van der Waals surface area (Å²) in [5.74, 6) is -2.95. The molecule has 10 nitrogen and oxygen atoms in total. The molecule has 0 saturated heterocycles. The highest BCUT2D eigenvalue weighted by atomic mass is 32.2. The maximum atomic E-state index is 12.7. The van der Waals surface area contributed by atoms with Gasteiger partial charge in [0.05, 0.1) is 12.1 Å². The monoisotopic (exact) mass is 452 g/mol. The standard InChI is InChI=1S/C17H32N4O6S2/c1-8(2)12(16(25)21-13(9(3)22)17(26)27)20-15(24)11(5-6-29-4)19-14(23)10(18)7-28/h8-13,22,28H,5-7,18H2,1-4H3,(H,19,23)(H,20,24)(H,21,25)(H,26,27). The molecule has 0 fully saturated rings. The number of carbonyl (C=O) groups excluding carboxylic acids is 3. The quantitative estimate of drug-likeness (QED) is 0.167. The Morgan fingerprint density at radius 3 is 1.97 bits per heavy atom. The van der Waals surface area contributed by atoms with Crippen LogP contribution in [0.2, 0.25) is 0 Å². The van der Waals surface area contributed by atoms with Crippen LogP contribution in [0.5, 0.6) is 0 Å². The van der Waals surface area contributed by atoms with E-state index in [0.717, 1.165) is 0 Å². The van der Waals surface area contributed by atoms with Gasteiger partial charge in [0.2, 0.25) is 17.7 Å². The third-order valence-electron chi connectivity index (χ3n) is 4.07. The van der Waals surface area contributed by atoms with Crippen LogP contribution in [0.1, 0.15) is 27.2 Å². The highest BCUT2D eigenvalue weighted by Crippen LogP contribution is 2.07. The Morgan fingerprint density at radius 2 is 1.55 bits per heavy atom. The first-order chi connectivity index (χ1) is 13.5. The predicted molar refractivity (Wildman–Crippen MR) is 115 cm³/mol. The summed E-state index contributed by atoms with van der Waals surface area (Å²) in [5, 5.41) is 26.0. The molecule has 5 atom stereocenters. The Labute approximate surface area is 180 Å². The van der Waals surface area contributed by atoms with E-state index in [0.29, 0.717) is 12.2 Å². The lowest BCUT2D eigenvalue weighted by Gasteiger charge is -2.27. The van der Waals surface area contributed by atoms with E-state index in [9.17, 15) is 24.3 Å². The molecule has 0 spiro atoms. The number of carboxylic acids is 1. The van der Waals surface area contributed by atoms with Gasteiger partial charge < -0.3 is 31.9 Å². The van der Waals surface area contributed by atoms with Gasteiger partial charge >= 0.3 is 5.97 Å². The number of aliphatic hydroxyl groups is 1. The number of hydrogen-bond donors (Lipinski definition) is 7. The number of nitrogens with one attached hydrogen (secondary N) is 3. The van der Waals surface area contributed by atoms with Crippen molar-refractivity contribution < 1.29 is 29.4 Å². The van der Waals surface area contributed by atoms with Gasteiger partial charge in [-0.25, -0.2) is 4.79 Å². The molecule has 0 aliphatic carbocycles. The summed E-state index contributed by atoms with van der Waals surface area (Å²) in [6.07, 6.45) is 0.842. The number of rotatable bonds is 13. The Bertz CT molecular complexity index is 576. The fourth-order valence-electron chi connectivity index (χ4n) is 2.29. The van der Waals surface area contributed by atoms with Gasteiger partial charge in [-0.3, -0.25) is 14.4 Å². The molecule has 0 aliphatic rings. The van der Waals surface area contributed by atoms with Crippen LogP contribution in [0.15, 0.2) is 0 Å². The summed E-state index contributed by atoms with van der Waals surface area (Å²) in [4.78, 5) is 48.5. The molecule has 12 heteroatoms. The van der Waals surface area contributed by atoms with Gasteiger partial charge in [0.25, 0.3) is 0 Å². The Morgan fingerprint density at radius 1 is 1.00 bits per heavy atom. The normalized spacial score (nSPS) is 16.3. The number of carbonyl (C=O) groups is 4. The molecule has 0 aliphatic heterocycles. The molecule has 168 valence electrons. The summed E-state index contributed by atoms with van der Waals surface area (Å²) in [7, 11) is 0. The second-order valence-electron chi connectivity index (χ2n) is 6.93. The van der Waals surface area contributed by atoms with Crippen molar-refractivity contribution in [2.45, 2.75) is 57.5 Å². The van der Waals surface area contributed by atoms with E-state index < -0.39 is 54.0 Å². The lowest BCUT2D eigenvalue weighted by Crippen LogP contribution is -2.59. The first-order valence-electron chi connectivity index (χ1n) is 9.13. The zero-order chi connectivity index (χ0) is 22.7. The molecule has 7 N–H and O–H groups in total. The number of carboxylic acid groups (broad SMARTS) is 1. The molecule has 0 aromatic carbocycles. The first-order valence-corrected chi connectivity index (χ1v) is 11.2. The minimum absolute atomic E-state index is 0.107. The van der Waals surface area contributed by atoms with Gasteiger partial charge in [0.15, 0.2) is 6.04 Å². The molecule has 0 bridgehead atoms. The highest BCUT2D eigenvalue weighted by molar-refractivity contribution is 7.98. The molecule has 0 aromatic heterocycles. The first kappa shape index (κ1) is 27.5. The van der Waals surface area contributed by atoms with E-state index in [2.05, 4.69) is 28.6 Å². The lowest BCUT2D eigenvalue weighted by atomic mass is 10.0. The summed E-state index contributed by atoms with van der Waals surface area (Å²) < 4.78 is 0. The molecule has 5 unspecified atom stereocenters. The number of thioether (sulfide) groups is 1. The number of aliphatic hydroxyl groups excluding tert-OH is 1. The summed E-state index contributed by atoms with van der Waals surface area (Å²) in [6.45, 7) is 4.59. The number of amides is 3. The molecule has 0 saturated carbocycles. The van der Waals surface area contributed by atoms with Crippen LogP contribution in [-0.4, -0.2) is 81.9 Å². The molecule has 0 radical (unpaired) electrons. The van der Waals surface area contributed by atoms with Gasteiger partial charge in [0, 0.05) is 5.75 Å². The average molecular weight is 453 g/mol. The van der Waals surface area contributed by atoms with Crippen molar-refractivity contribution in [2.24, 2.45) is 11.7 Å². The van der Waals surface area contributed by atoms with Crippen LogP contribution >= 0.6 is 24.4 Å². The third kappa shape index (κ3) is 9.70. The molecular weight excluding hydrogens is 420 g/mol. The molecule has 0 heterocycles. The van der Waals surface area contributed by atoms with Crippen LogP contribution in [0, 0.1) is 5.92 Å². The molecule has 0 aromatic rings.